The molecular weight excluding hydrogens is 697 g/mol. The lowest BCUT2D eigenvalue weighted by Gasteiger charge is -2.24. The summed E-state index contributed by atoms with van der Waals surface area (Å²) in [5, 5.41) is 10.9. The van der Waals surface area contributed by atoms with Crippen LogP contribution in [-0.4, -0.2) is 72.0 Å². The monoisotopic (exact) mass is 734 g/mol. The van der Waals surface area contributed by atoms with Gasteiger partial charge in [-0.2, -0.15) is 5.26 Å². The summed E-state index contributed by atoms with van der Waals surface area (Å²) in [6, 6.07) is 5.93. The molecule has 2 aliphatic rings. The van der Waals surface area contributed by atoms with Crippen molar-refractivity contribution in [2.75, 3.05) is 18.8 Å². The molecule has 0 atom stereocenters. The molecule has 1 saturated heterocycles. The Labute approximate surface area is 301 Å². The predicted octanol–water partition coefficient (Wildman–Crippen LogP) is 7.21. The molecule has 262 valence electrons. The molecule has 1 fully saturated rings. The van der Waals surface area contributed by atoms with Crippen LogP contribution in [-0.2, 0) is 33.8 Å². The summed E-state index contributed by atoms with van der Waals surface area (Å²) in [7, 11) is 0. The first-order valence-corrected chi connectivity index (χ1v) is 18.2. The van der Waals surface area contributed by atoms with Gasteiger partial charge in [0, 0.05) is 35.8 Å². The lowest BCUT2D eigenvalue weighted by Crippen LogP contribution is -2.35. The van der Waals surface area contributed by atoms with Crippen LogP contribution in [0.3, 0.4) is 0 Å². The van der Waals surface area contributed by atoms with Gasteiger partial charge in [-0.3, -0.25) is 19.7 Å². The first-order chi connectivity index (χ1) is 23.6. The van der Waals surface area contributed by atoms with E-state index in [9.17, 15) is 14.4 Å². The van der Waals surface area contributed by atoms with Crippen molar-refractivity contribution in [1.29, 1.82) is 5.26 Å². The summed E-state index contributed by atoms with van der Waals surface area (Å²) >= 11 is 4.67. The van der Waals surface area contributed by atoms with Crippen molar-refractivity contribution in [1.82, 2.24) is 29.7 Å². The summed E-state index contributed by atoms with van der Waals surface area (Å²) in [5.74, 6) is 0.103. The van der Waals surface area contributed by atoms with Gasteiger partial charge < -0.3 is 20.1 Å². The van der Waals surface area contributed by atoms with E-state index in [4.69, 9.17) is 20.5 Å². The number of nitrogens with zero attached hydrogens (tertiary/aromatic N) is 7. The Morgan fingerprint density at radius 3 is 2.02 bits per heavy atom. The zero-order chi connectivity index (χ0) is 36.2. The Morgan fingerprint density at radius 2 is 1.48 bits per heavy atom. The molecule has 5 aromatic heterocycles. The Morgan fingerprint density at radius 1 is 0.880 bits per heavy atom. The van der Waals surface area contributed by atoms with Crippen molar-refractivity contribution in [3.63, 3.8) is 0 Å². The van der Waals surface area contributed by atoms with Gasteiger partial charge in [0.25, 0.3) is 0 Å². The number of hydrogen-bond acceptors (Lipinski definition) is 14. The van der Waals surface area contributed by atoms with Crippen LogP contribution in [0.4, 0.5) is 14.6 Å². The van der Waals surface area contributed by atoms with E-state index in [0.717, 1.165) is 51.5 Å². The molecule has 7 heterocycles. The number of hydrogen-bond donors (Lipinski definition) is 1. The number of aromatic nitrogens is 4. The maximum atomic E-state index is 12.4. The highest BCUT2D eigenvalue weighted by Crippen LogP contribution is 2.45. The van der Waals surface area contributed by atoms with Gasteiger partial charge in [0.2, 0.25) is 0 Å². The maximum absolute atomic E-state index is 12.4. The number of carbonyl (C=O) groups excluding carboxylic acids is 3. The van der Waals surface area contributed by atoms with Crippen molar-refractivity contribution in [2.45, 2.75) is 78.7 Å². The van der Waals surface area contributed by atoms with E-state index in [1.807, 2.05) is 53.7 Å². The number of fused-ring (bicyclic) bond motifs is 3. The quantitative estimate of drug-likeness (QED) is 0.194. The molecule has 13 nitrogen and oxygen atoms in total. The van der Waals surface area contributed by atoms with Gasteiger partial charge in [-0.25, -0.2) is 19.6 Å². The molecule has 0 aromatic carbocycles. The van der Waals surface area contributed by atoms with Crippen molar-refractivity contribution in [3.8, 4) is 16.6 Å². The fraction of sp³-hybridized carbons (Fsp3) is 0.412. The number of rotatable bonds is 2. The lowest BCUT2D eigenvalue weighted by atomic mass is 10.1. The fourth-order valence-electron chi connectivity index (χ4n) is 4.91. The fourth-order valence-corrected chi connectivity index (χ4v) is 7.96. The topological polar surface area (TPSA) is 178 Å². The number of nitrogen functional groups attached to an aromatic ring is 1. The first-order valence-electron chi connectivity index (χ1n) is 15.7. The van der Waals surface area contributed by atoms with E-state index >= 15 is 0 Å². The van der Waals surface area contributed by atoms with E-state index in [1.54, 1.807) is 52.4 Å². The molecule has 16 heteroatoms. The van der Waals surface area contributed by atoms with Crippen LogP contribution in [0.1, 0.15) is 63.4 Å². The smallest absolute Gasteiger partial charge is 0.410 e. The normalized spacial score (nSPS) is 14.1. The Kier molecular flexibility index (Phi) is 11.0. The summed E-state index contributed by atoms with van der Waals surface area (Å²) in [4.78, 5) is 55.8. The van der Waals surface area contributed by atoms with E-state index < -0.39 is 17.3 Å². The van der Waals surface area contributed by atoms with Crippen LogP contribution in [0.25, 0.3) is 31.0 Å². The number of nitrogens with two attached hydrogens (primary N) is 1. The minimum atomic E-state index is -0.505. The van der Waals surface area contributed by atoms with Gasteiger partial charge in [-0.15, -0.1) is 34.0 Å². The number of pyridine rings is 2. The number of thiophene rings is 1. The molecule has 0 spiro atoms. The minimum absolute atomic E-state index is 0.103. The standard InChI is InChI=1S/C17H18N4O2S2.C9H15NO3.C8H5N3S/c1-17(2,3)23-16(22)21-7-9-12(8-21)24-14(18)13(9)15-20-10-6-19-5-4-11(10)25-15;1-9(2,3)13-8(12)10-5-4-7(11)6-10;9-3-1-8-11-6-5-10-4-2-7(6)12-8/h4-6H,7-8,18H2,1-3H3;4-6H2,1-3H3;2,4-5H,1H2. The number of ketones is 1. The van der Waals surface area contributed by atoms with Crippen LogP contribution < -0.4 is 5.73 Å². The SMILES string of the molecule is CC(C)(C)OC(=O)N1CCC(=O)C1.CC(C)(C)OC(=O)N1Cc2sc(N)c(-c3nc4cnccc4s3)c2C1.N#CCc1nc2cnccc2s1. The third-order valence-electron chi connectivity index (χ3n) is 7.00. The predicted molar refractivity (Wildman–Crippen MR) is 195 cm³/mol. The average molecular weight is 735 g/mol. The van der Waals surface area contributed by atoms with Gasteiger partial charge >= 0.3 is 12.2 Å². The van der Waals surface area contributed by atoms with E-state index in [0.29, 0.717) is 32.5 Å². The third kappa shape index (κ3) is 9.29. The molecule has 2 aliphatic heterocycles. The zero-order valence-corrected chi connectivity index (χ0v) is 31.1. The molecule has 0 radical (unpaired) electrons. The number of nitriles is 1. The largest absolute Gasteiger partial charge is 0.444 e. The molecule has 0 unspecified atom stereocenters. The first kappa shape index (κ1) is 36.6. The Hall–Kier alpha value is -4.72. The van der Waals surface area contributed by atoms with Gasteiger partial charge in [-0.05, 0) is 59.2 Å². The summed E-state index contributed by atoms with van der Waals surface area (Å²) in [5.41, 5.74) is 9.06. The summed E-state index contributed by atoms with van der Waals surface area (Å²) < 4.78 is 12.8. The Balaban J connectivity index is 0.000000163. The van der Waals surface area contributed by atoms with Crippen LogP contribution >= 0.6 is 34.0 Å². The van der Waals surface area contributed by atoms with E-state index in [-0.39, 0.29) is 18.4 Å². The average Bonchev–Trinajstić information content (AvgIpc) is 3.84. The van der Waals surface area contributed by atoms with Gasteiger partial charge in [0.15, 0.2) is 5.78 Å². The lowest BCUT2D eigenvalue weighted by molar-refractivity contribution is -0.117. The molecule has 0 bridgehead atoms. The van der Waals surface area contributed by atoms with Crippen LogP contribution in [0.5, 0.6) is 0 Å². The molecule has 0 aliphatic carbocycles. The number of thiazole rings is 2. The highest BCUT2D eigenvalue weighted by molar-refractivity contribution is 7.22. The number of anilines is 1. The second-order valence-electron chi connectivity index (χ2n) is 13.4. The number of Topliss-reactive ketones (excluding diaryl/α,β-unsaturated/α-hetero) is 1. The van der Waals surface area contributed by atoms with Crippen LogP contribution in [0, 0.1) is 11.3 Å². The molecule has 2 amide bonds. The molecule has 5 aromatic rings. The summed E-state index contributed by atoms with van der Waals surface area (Å²) in [6.07, 6.45) is 7.12. The number of likely N-dealkylation sites (tertiary alicyclic amines) is 1. The zero-order valence-electron chi connectivity index (χ0n) is 28.7. The molecular formula is C34H38N8O5S3. The van der Waals surface area contributed by atoms with Crippen LogP contribution in [0.2, 0.25) is 0 Å². The van der Waals surface area contributed by atoms with Crippen molar-refractivity contribution in [2.24, 2.45) is 0 Å². The van der Waals surface area contributed by atoms with Crippen molar-refractivity contribution in [3.05, 3.63) is 52.4 Å². The van der Waals surface area contributed by atoms with Gasteiger partial charge in [0.1, 0.15) is 26.7 Å². The van der Waals surface area contributed by atoms with E-state index in [1.165, 1.54) is 16.2 Å². The Bertz CT molecular complexity index is 2000. The molecule has 50 heavy (non-hydrogen) atoms. The molecule has 0 saturated carbocycles. The minimum Gasteiger partial charge on any atom is -0.444 e. The van der Waals surface area contributed by atoms with Gasteiger partial charge in [-0.1, -0.05) is 0 Å². The second kappa shape index (κ2) is 15.0. The number of carbonyl (C=O) groups is 3. The third-order valence-corrected chi connectivity index (χ3v) is 10.1. The highest BCUT2D eigenvalue weighted by atomic mass is 32.1. The maximum Gasteiger partial charge on any atom is 0.410 e. The van der Waals surface area contributed by atoms with Crippen molar-refractivity contribution < 1.29 is 23.9 Å². The summed E-state index contributed by atoms with van der Waals surface area (Å²) in [6.45, 7) is 12.8. The molecule has 2 N–H and O–H groups in total. The molecule has 7 rings (SSSR count). The number of ether oxygens (including phenoxy) is 2. The van der Waals surface area contributed by atoms with E-state index in [2.05, 4.69) is 26.0 Å². The second-order valence-corrected chi connectivity index (χ2v) is 16.7. The number of amides is 2. The highest BCUT2D eigenvalue weighted by Gasteiger charge is 2.33. The van der Waals surface area contributed by atoms with Gasteiger partial charge in [0.05, 0.1) is 64.4 Å². The van der Waals surface area contributed by atoms with Crippen LogP contribution in [0.15, 0.2) is 36.9 Å². The van der Waals surface area contributed by atoms with Crippen molar-refractivity contribution >= 4 is 77.4 Å².